The second-order valence-electron chi connectivity index (χ2n) is 15.9. The average molecular weight is 512 g/mol. The van der Waals surface area contributed by atoms with Crippen LogP contribution < -0.4 is 0 Å². The molecule has 206 valence electrons. The predicted molar refractivity (Wildman–Crippen MR) is 143 cm³/mol. The molecule has 10 atom stereocenters. The smallest absolute Gasteiger partial charge is 0.312 e. The molecule has 0 heterocycles. The Kier molecular flexibility index (Phi) is 5.92. The SMILES string of the molecule is [C-]#[N+]C1C[C@]2(C)[C@H]3CC(=O)[C@@H]4[C@@H]5CC(C)(C)CC[C@]5(C(=O)OC)CC[C@@]4(C)[C@]3(C)CC[C@H]2C(C)(C)C1O. The van der Waals surface area contributed by atoms with Gasteiger partial charge in [-0.2, -0.15) is 0 Å². The number of Topliss-reactive ketones (excluding diaryl/α,β-unsaturated/α-hetero) is 1. The highest BCUT2D eigenvalue weighted by molar-refractivity contribution is 5.86. The van der Waals surface area contributed by atoms with Crippen molar-refractivity contribution in [3.05, 3.63) is 11.4 Å². The van der Waals surface area contributed by atoms with E-state index in [9.17, 15) is 14.7 Å². The van der Waals surface area contributed by atoms with Crippen LogP contribution in [0.5, 0.6) is 0 Å². The van der Waals surface area contributed by atoms with E-state index in [4.69, 9.17) is 11.3 Å². The fourth-order valence-corrected chi connectivity index (χ4v) is 11.5. The largest absolute Gasteiger partial charge is 0.469 e. The summed E-state index contributed by atoms with van der Waals surface area (Å²) in [7, 11) is 1.51. The summed E-state index contributed by atoms with van der Waals surface area (Å²) in [5, 5.41) is 11.2. The second kappa shape index (κ2) is 8.06. The van der Waals surface area contributed by atoms with Gasteiger partial charge in [0.05, 0.1) is 12.5 Å². The molecule has 0 bridgehead atoms. The molecule has 5 heteroatoms. The lowest BCUT2D eigenvalue weighted by Gasteiger charge is -2.72. The molecule has 0 saturated heterocycles. The Bertz CT molecular complexity index is 1040. The minimum Gasteiger partial charge on any atom is -0.469 e. The molecule has 1 N–H and O–H groups in total. The molecule has 5 aliphatic carbocycles. The van der Waals surface area contributed by atoms with E-state index in [1.165, 1.54) is 7.11 Å². The summed E-state index contributed by atoms with van der Waals surface area (Å²) in [6.07, 6.45) is 7.02. The first-order valence-corrected chi connectivity index (χ1v) is 14.7. The maximum Gasteiger partial charge on any atom is 0.312 e. The van der Waals surface area contributed by atoms with Crippen molar-refractivity contribution in [2.45, 2.75) is 118 Å². The Balaban J connectivity index is 1.61. The monoisotopic (exact) mass is 511 g/mol. The van der Waals surface area contributed by atoms with Crippen molar-refractivity contribution in [3.8, 4) is 0 Å². The summed E-state index contributed by atoms with van der Waals surface area (Å²) in [6, 6.07) is -0.420. The van der Waals surface area contributed by atoms with Crippen LogP contribution >= 0.6 is 0 Å². The van der Waals surface area contributed by atoms with Crippen molar-refractivity contribution in [3.63, 3.8) is 0 Å². The molecule has 37 heavy (non-hydrogen) atoms. The topological polar surface area (TPSA) is 68.0 Å². The molecule has 5 fully saturated rings. The highest BCUT2D eigenvalue weighted by atomic mass is 16.5. The van der Waals surface area contributed by atoms with Gasteiger partial charge in [-0.15, -0.1) is 0 Å². The van der Waals surface area contributed by atoms with Crippen molar-refractivity contribution in [1.82, 2.24) is 0 Å². The van der Waals surface area contributed by atoms with Crippen LogP contribution in [0.2, 0.25) is 0 Å². The first-order valence-electron chi connectivity index (χ1n) is 14.7. The lowest BCUT2D eigenvalue weighted by Crippen LogP contribution is -2.70. The fraction of sp³-hybridized carbons (Fsp3) is 0.906. The third kappa shape index (κ3) is 3.30. The van der Waals surface area contributed by atoms with Gasteiger partial charge in [-0.05, 0) is 84.4 Å². The number of hydrogen-bond acceptors (Lipinski definition) is 4. The molecule has 0 amide bonds. The quantitative estimate of drug-likeness (QED) is 0.323. The third-order valence-corrected chi connectivity index (χ3v) is 13.7. The van der Waals surface area contributed by atoms with E-state index < -0.39 is 17.6 Å². The number of carbonyl (C=O) groups excluding carboxylic acids is 2. The summed E-state index contributed by atoms with van der Waals surface area (Å²) < 4.78 is 5.44. The van der Waals surface area contributed by atoms with E-state index >= 15 is 0 Å². The molecule has 5 rings (SSSR count). The Morgan fingerprint density at radius 2 is 1.59 bits per heavy atom. The number of ether oxygens (including phenoxy) is 1. The van der Waals surface area contributed by atoms with E-state index in [-0.39, 0.29) is 56.7 Å². The van der Waals surface area contributed by atoms with Crippen LogP contribution in [-0.2, 0) is 14.3 Å². The van der Waals surface area contributed by atoms with Crippen molar-refractivity contribution < 1.29 is 19.4 Å². The Morgan fingerprint density at radius 3 is 2.22 bits per heavy atom. The molecule has 0 aromatic rings. The van der Waals surface area contributed by atoms with Gasteiger partial charge in [0.2, 0.25) is 6.04 Å². The number of carbonyl (C=O) groups is 2. The maximum atomic E-state index is 14.5. The van der Waals surface area contributed by atoms with Crippen molar-refractivity contribution in [2.75, 3.05) is 7.11 Å². The zero-order chi connectivity index (χ0) is 27.4. The normalized spacial score (nSPS) is 51.9. The Morgan fingerprint density at radius 1 is 0.946 bits per heavy atom. The summed E-state index contributed by atoms with van der Waals surface area (Å²) in [6.45, 7) is 23.9. The van der Waals surface area contributed by atoms with E-state index in [0.717, 1.165) is 44.9 Å². The average Bonchev–Trinajstić information content (AvgIpc) is 2.82. The Hall–Kier alpha value is -1.41. The number of fused-ring (bicyclic) bond motifs is 7. The molecule has 0 aromatic heterocycles. The summed E-state index contributed by atoms with van der Waals surface area (Å²) >= 11 is 0. The first kappa shape index (κ1) is 27.2. The second-order valence-corrected chi connectivity index (χ2v) is 15.9. The maximum absolute atomic E-state index is 14.5. The number of hydrogen-bond donors (Lipinski definition) is 1. The van der Waals surface area contributed by atoms with Gasteiger partial charge in [-0.25, -0.2) is 6.57 Å². The van der Waals surface area contributed by atoms with Crippen LogP contribution in [0.25, 0.3) is 4.85 Å². The number of nitrogens with zero attached hydrogens (tertiary/aromatic N) is 1. The van der Waals surface area contributed by atoms with Crippen LogP contribution in [0.1, 0.15) is 106 Å². The van der Waals surface area contributed by atoms with Crippen LogP contribution in [-0.4, -0.2) is 36.1 Å². The molecule has 0 aliphatic heterocycles. The highest BCUT2D eigenvalue weighted by Gasteiger charge is 2.74. The number of rotatable bonds is 1. The van der Waals surface area contributed by atoms with E-state index in [2.05, 4.69) is 53.3 Å². The van der Waals surface area contributed by atoms with Gasteiger partial charge in [0, 0.05) is 24.2 Å². The van der Waals surface area contributed by atoms with E-state index in [1.54, 1.807) is 0 Å². The molecule has 5 nitrogen and oxygen atoms in total. The minimum absolute atomic E-state index is 0.0267. The Labute approximate surface area is 224 Å². The summed E-state index contributed by atoms with van der Waals surface area (Å²) in [4.78, 5) is 31.8. The number of esters is 1. The predicted octanol–water partition coefficient (Wildman–Crippen LogP) is 6.48. The van der Waals surface area contributed by atoms with Crippen molar-refractivity contribution in [1.29, 1.82) is 0 Å². The van der Waals surface area contributed by atoms with E-state index in [0.29, 0.717) is 18.6 Å². The van der Waals surface area contributed by atoms with Crippen molar-refractivity contribution in [2.24, 2.45) is 56.2 Å². The zero-order valence-corrected chi connectivity index (χ0v) is 24.4. The fourth-order valence-electron chi connectivity index (χ4n) is 11.5. The molecule has 5 aliphatic rings. The molecular weight excluding hydrogens is 462 g/mol. The van der Waals surface area contributed by atoms with E-state index in [1.807, 2.05) is 0 Å². The number of methoxy groups -OCH3 is 1. The highest BCUT2D eigenvalue weighted by Crippen LogP contribution is 2.76. The van der Waals surface area contributed by atoms with Gasteiger partial charge in [0.25, 0.3) is 0 Å². The molecule has 0 aromatic carbocycles. The van der Waals surface area contributed by atoms with Gasteiger partial charge in [-0.3, -0.25) is 9.59 Å². The molecule has 0 radical (unpaired) electrons. The first-order chi connectivity index (χ1) is 17.0. The third-order valence-electron chi connectivity index (χ3n) is 13.7. The van der Waals surface area contributed by atoms with Crippen LogP contribution in [0, 0.1) is 62.7 Å². The van der Waals surface area contributed by atoms with Gasteiger partial charge < -0.3 is 14.7 Å². The number of aliphatic hydroxyl groups is 1. The lowest BCUT2D eigenvalue weighted by molar-refractivity contribution is -0.247. The molecule has 5 saturated carbocycles. The van der Waals surface area contributed by atoms with Crippen LogP contribution in [0.4, 0.5) is 0 Å². The number of aliphatic hydroxyl groups excluding tert-OH is 1. The standard InChI is InChI=1S/C32H49NO4/c1-27(2)12-14-32(26(36)37-9)15-13-31(7)24(19(32)17-27)21(34)16-23-29(5)18-20(33-8)25(35)28(3,4)22(29)10-11-30(23,31)6/h19-20,22-25,35H,10-18H2,1-7,9H3/t19-,20?,22-,23+,24-,25?,29-,30+,31+,32-/m0/s1. The summed E-state index contributed by atoms with van der Waals surface area (Å²) in [5.41, 5.74) is -1.20. The zero-order valence-electron chi connectivity index (χ0n) is 24.4. The van der Waals surface area contributed by atoms with Crippen molar-refractivity contribution >= 4 is 11.8 Å². The van der Waals surface area contributed by atoms with Gasteiger partial charge in [-0.1, -0.05) is 48.5 Å². The van der Waals surface area contributed by atoms with Gasteiger partial charge in [0.1, 0.15) is 11.9 Å². The summed E-state index contributed by atoms with van der Waals surface area (Å²) in [5.74, 6) is 0.606. The minimum atomic E-state index is -0.630. The molecule has 2 unspecified atom stereocenters. The number of ketones is 1. The molecular formula is C32H49NO4. The molecule has 0 spiro atoms. The van der Waals surface area contributed by atoms with Crippen LogP contribution in [0.3, 0.4) is 0 Å². The van der Waals surface area contributed by atoms with Gasteiger partial charge >= 0.3 is 5.97 Å². The lowest BCUT2D eigenvalue weighted by atomic mass is 9.31. The van der Waals surface area contributed by atoms with Crippen LogP contribution in [0.15, 0.2) is 0 Å². The van der Waals surface area contributed by atoms with Gasteiger partial charge in [0.15, 0.2) is 0 Å².